The molecule has 0 saturated carbocycles. The first kappa shape index (κ1) is 13.1. The molecule has 3 nitrogen and oxygen atoms in total. The van der Waals surface area contributed by atoms with Crippen molar-refractivity contribution in [3.05, 3.63) is 46.9 Å². The molecule has 1 atom stereocenters. The molecule has 1 aromatic heterocycles. The summed E-state index contributed by atoms with van der Waals surface area (Å²) in [6, 6.07) is 10.3. The highest BCUT2D eigenvalue weighted by Crippen LogP contribution is 2.21. The van der Waals surface area contributed by atoms with E-state index in [0.717, 1.165) is 23.7 Å². The van der Waals surface area contributed by atoms with Crippen LogP contribution in [0.1, 0.15) is 18.4 Å². The molecule has 96 valence electrons. The fourth-order valence-corrected chi connectivity index (χ4v) is 2.59. The average Bonchev–Trinajstić information content (AvgIpc) is 2.93. The molecular weight excluding hydrogens is 244 g/mol. The second-order valence-electron chi connectivity index (χ2n) is 4.13. The number of aromatic nitrogens is 1. The lowest BCUT2D eigenvalue weighted by Gasteiger charge is -2.31. The van der Waals surface area contributed by atoms with Gasteiger partial charge >= 0.3 is 0 Å². The first-order valence-corrected chi connectivity index (χ1v) is 7.04. The van der Waals surface area contributed by atoms with E-state index in [9.17, 15) is 5.11 Å². The van der Waals surface area contributed by atoms with Gasteiger partial charge in [0.25, 0.3) is 0 Å². The summed E-state index contributed by atoms with van der Waals surface area (Å²) in [6.07, 6.45) is 2.74. The van der Waals surface area contributed by atoms with Crippen molar-refractivity contribution in [3.63, 3.8) is 0 Å². The number of aliphatic hydroxyl groups is 1. The SMILES string of the molecule is CCC(CO)N(Cc1nccs1)c1ccccc1. The minimum atomic E-state index is 0.135. The van der Waals surface area contributed by atoms with Crippen molar-refractivity contribution >= 4 is 17.0 Å². The molecule has 0 aliphatic heterocycles. The molecule has 0 radical (unpaired) electrons. The predicted octanol–water partition coefficient (Wildman–Crippen LogP) is 2.92. The summed E-state index contributed by atoms with van der Waals surface area (Å²) in [5.41, 5.74) is 1.13. The van der Waals surface area contributed by atoms with Gasteiger partial charge in [0, 0.05) is 17.3 Å². The quantitative estimate of drug-likeness (QED) is 0.869. The standard InChI is InChI=1S/C14H18N2OS/c1-2-12(11-17)16(10-14-15-8-9-18-14)13-6-4-3-5-7-13/h3-9,12,17H,2,10-11H2,1H3. The van der Waals surface area contributed by atoms with Gasteiger partial charge in [0.05, 0.1) is 19.2 Å². The molecule has 0 amide bonds. The van der Waals surface area contributed by atoms with Gasteiger partial charge in [0.2, 0.25) is 0 Å². The lowest BCUT2D eigenvalue weighted by Crippen LogP contribution is -2.37. The van der Waals surface area contributed by atoms with Crippen LogP contribution < -0.4 is 4.90 Å². The van der Waals surface area contributed by atoms with Crippen molar-refractivity contribution in [1.29, 1.82) is 0 Å². The molecule has 1 heterocycles. The Morgan fingerprint density at radius 1 is 1.33 bits per heavy atom. The van der Waals surface area contributed by atoms with Crippen LogP contribution in [-0.2, 0) is 6.54 Å². The van der Waals surface area contributed by atoms with Crippen LogP contribution in [0.2, 0.25) is 0 Å². The second kappa shape index (κ2) is 6.52. The molecule has 0 aliphatic carbocycles. The van der Waals surface area contributed by atoms with Gasteiger partial charge in [-0.2, -0.15) is 0 Å². The van der Waals surface area contributed by atoms with Crippen molar-refractivity contribution < 1.29 is 5.11 Å². The van der Waals surface area contributed by atoms with Crippen LogP contribution in [0.15, 0.2) is 41.9 Å². The van der Waals surface area contributed by atoms with Gasteiger partial charge in [-0.25, -0.2) is 4.98 Å². The van der Waals surface area contributed by atoms with Crippen molar-refractivity contribution in [2.45, 2.75) is 25.9 Å². The van der Waals surface area contributed by atoms with Crippen molar-refractivity contribution in [2.75, 3.05) is 11.5 Å². The summed E-state index contributed by atoms with van der Waals surface area (Å²) in [5, 5.41) is 12.6. The third-order valence-corrected chi connectivity index (χ3v) is 3.76. The summed E-state index contributed by atoms with van der Waals surface area (Å²) in [5.74, 6) is 0. The normalized spacial score (nSPS) is 12.3. The summed E-state index contributed by atoms with van der Waals surface area (Å²) >= 11 is 1.65. The number of rotatable bonds is 6. The smallest absolute Gasteiger partial charge is 0.112 e. The van der Waals surface area contributed by atoms with Gasteiger partial charge in [-0.15, -0.1) is 11.3 Å². The second-order valence-corrected chi connectivity index (χ2v) is 5.11. The molecule has 0 fully saturated rings. The Labute approximate surface area is 112 Å². The van der Waals surface area contributed by atoms with E-state index in [0.29, 0.717) is 0 Å². The number of hydrogen-bond donors (Lipinski definition) is 1. The highest BCUT2D eigenvalue weighted by Gasteiger charge is 2.17. The number of aliphatic hydroxyl groups excluding tert-OH is 1. The third-order valence-electron chi connectivity index (χ3n) is 3.00. The Morgan fingerprint density at radius 2 is 2.11 bits per heavy atom. The molecule has 0 saturated heterocycles. The lowest BCUT2D eigenvalue weighted by atomic mass is 10.1. The minimum Gasteiger partial charge on any atom is -0.394 e. The van der Waals surface area contributed by atoms with Crippen LogP contribution in [0.3, 0.4) is 0 Å². The Morgan fingerprint density at radius 3 is 2.67 bits per heavy atom. The molecular formula is C14H18N2OS. The maximum Gasteiger partial charge on any atom is 0.112 e. The third kappa shape index (κ3) is 3.09. The fourth-order valence-electron chi connectivity index (χ4n) is 1.98. The van der Waals surface area contributed by atoms with Crippen LogP contribution in [0.25, 0.3) is 0 Å². The molecule has 0 bridgehead atoms. The zero-order valence-electron chi connectivity index (χ0n) is 10.5. The highest BCUT2D eigenvalue weighted by atomic mass is 32.1. The molecule has 0 spiro atoms. The van der Waals surface area contributed by atoms with Crippen molar-refractivity contribution in [2.24, 2.45) is 0 Å². The van der Waals surface area contributed by atoms with E-state index in [2.05, 4.69) is 28.9 Å². The molecule has 18 heavy (non-hydrogen) atoms. The number of nitrogens with zero attached hydrogens (tertiary/aromatic N) is 2. The fraction of sp³-hybridized carbons (Fsp3) is 0.357. The number of hydrogen-bond acceptors (Lipinski definition) is 4. The van der Waals surface area contributed by atoms with E-state index in [1.165, 1.54) is 0 Å². The summed E-state index contributed by atoms with van der Waals surface area (Å²) < 4.78 is 0. The summed E-state index contributed by atoms with van der Waals surface area (Å²) in [4.78, 5) is 6.55. The molecule has 1 aromatic carbocycles. The van der Waals surface area contributed by atoms with Gasteiger partial charge < -0.3 is 10.0 Å². The Bertz CT molecular complexity index is 440. The first-order valence-electron chi connectivity index (χ1n) is 6.16. The summed E-state index contributed by atoms with van der Waals surface area (Å²) in [6.45, 7) is 3.01. The van der Waals surface area contributed by atoms with Crippen molar-refractivity contribution in [3.8, 4) is 0 Å². The number of benzene rings is 1. The Kier molecular flexibility index (Phi) is 4.73. The molecule has 0 aliphatic rings. The maximum absolute atomic E-state index is 9.53. The van der Waals surface area contributed by atoms with Crippen LogP contribution in [0.5, 0.6) is 0 Å². The average molecular weight is 262 g/mol. The molecule has 4 heteroatoms. The van der Waals surface area contributed by atoms with E-state index in [1.807, 2.05) is 29.8 Å². The minimum absolute atomic E-state index is 0.135. The molecule has 1 N–H and O–H groups in total. The van der Waals surface area contributed by atoms with E-state index in [1.54, 1.807) is 11.3 Å². The lowest BCUT2D eigenvalue weighted by molar-refractivity contribution is 0.255. The van der Waals surface area contributed by atoms with Crippen molar-refractivity contribution in [1.82, 2.24) is 4.98 Å². The summed E-state index contributed by atoms with van der Waals surface area (Å²) in [7, 11) is 0. The van der Waals surface area contributed by atoms with Gasteiger partial charge in [-0.1, -0.05) is 25.1 Å². The van der Waals surface area contributed by atoms with Crippen LogP contribution in [-0.4, -0.2) is 22.7 Å². The van der Waals surface area contributed by atoms with Gasteiger partial charge in [-0.3, -0.25) is 0 Å². The van der Waals surface area contributed by atoms with Gasteiger partial charge in [0.15, 0.2) is 0 Å². The van der Waals surface area contributed by atoms with Gasteiger partial charge in [-0.05, 0) is 18.6 Å². The van der Waals surface area contributed by atoms with Gasteiger partial charge in [0.1, 0.15) is 5.01 Å². The largest absolute Gasteiger partial charge is 0.394 e. The predicted molar refractivity (Wildman–Crippen MR) is 75.9 cm³/mol. The van der Waals surface area contributed by atoms with E-state index in [4.69, 9.17) is 0 Å². The topological polar surface area (TPSA) is 36.4 Å². The molecule has 1 unspecified atom stereocenters. The van der Waals surface area contributed by atoms with Crippen LogP contribution in [0, 0.1) is 0 Å². The monoisotopic (exact) mass is 262 g/mol. The number of anilines is 1. The maximum atomic E-state index is 9.53. The molecule has 2 rings (SSSR count). The van der Waals surface area contributed by atoms with E-state index < -0.39 is 0 Å². The number of para-hydroxylation sites is 1. The highest BCUT2D eigenvalue weighted by molar-refractivity contribution is 7.09. The molecule has 2 aromatic rings. The van der Waals surface area contributed by atoms with Crippen LogP contribution in [0.4, 0.5) is 5.69 Å². The van der Waals surface area contributed by atoms with E-state index in [-0.39, 0.29) is 12.6 Å². The first-order chi connectivity index (χ1) is 8.85. The Balaban J connectivity index is 2.22. The van der Waals surface area contributed by atoms with Crippen LogP contribution >= 0.6 is 11.3 Å². The zero-order valence-corrected chi connectivity index (χ0v) is 11.3. The number of thiazole rings is 1. The van der Waals surface area contributed by atoms with E-state index >= 15 is 0 Å². The zero-order chi connectivity index (χ0) is 12.8. The Hall–Kier alpha value is -1.39.